The van der Waals surface area contributed by atoms with Gasteiger partial charge in [0.1, 0.15) is 11.1 Å². The van der Waals surface area contributed by atoms with Gasteiger partial charge in [-0.15, -0.1) is 0 Å². The van der Waals surface area contributed by atoms with Crippen molar-refractivity contribution in [2.75, 3.05) is 6.54 Å². The Morgan fingerprint density at radius 1 is 1.31 bits per heavy atom. The second-order valence-corrected chi connectivity index (χ2v) is 4.46. The van der Waals surface area contributed by atoms with Gasteiger partial charge in [0, 0.05) is 0 Å². The van der Waals surface area contributed by atoms with E-state index in [1.165, 1.54) is 0 Å². The number of carbonyl (C=O) groups excluding carboxylic acids is 1. The summed E-state index contributed by atoms with van der Waals surface area (Å²) in [6.45, 7) is 7.44. The van der Waals surface area contributed by atoms with E-state index in [4.69, 9.17) is 16.2 Å². The zero-order valence-electron chi connectivity index (χ0n) is 8.89. The van der Waals surface area contributed by atoms with Crippen LogP contribution in [0.15, 0.2) is 0 Å². The molecule has 0 radical (unpaired) electrons. The quantitative estimate of drug-likeness (QED) is 0.628. The molecule has 0 rings (SSSR count). The number of carbonyl (C=O) groups is 1. The van der Waals surface area contributed by atoms with Crippen LogP contribution in [0.4, 0.5) is 0 Å². The van der Waals surface area contributed by atoms with Crippen LogP contribution in [-0.4, -0.2) is 23.7 Å². The van der Waals surface area contributed by atoms with E-state index in [-0.39, 0.29) is 0 Å². The van der Waals surface area contributed by atoms with Crippen LogP contribution in [-0.2, 0) is 9.53 Å². The molecule has 0 bridgehead atoms. The van der Waals surface area contributed by atoms with Crippen LogP contribution in [0.25, 0.3) is 0 Å². The van der Waals surface area contributed by atoms with Crippen molar-refractivity contribution in [3.8, 4) is 0 Å². The Hall–Kier alpha value is -0.610. The van der Waals surface area contributed by atoms with Crippen molar-refractivity contribution in [2.45, 2.75) is 45.3 Å². The van der Waals surface area contributed by atoms with Crippen LogP contribution in [0.5, 0.6) is 0 Å². The van der Waals surface area contributed by atoms with Gasteiger partial charge in [0.25, 0.3) is 0 Å². The van der Waals surface area contributed by atoms with Gasteiger partial charge in [0.2, 0.25) is 0 Å². The molecule has 4 nitrogen and oxygen atoms in total. The predicted octanol–water partition coefficient (Wildman–Crippen LogP) is 0.394. The molecule has 78 valence electrons. The maximum atomic E-state index is 11.5. The largest absolute Gasteiger partial charge is 0.459 e. The predicted molar refractivity (Wildman–Crippen MR) is 52.1 cm³/mol. The normalized spacial score (nSPS) is 16.5. The molecule has 0 aromatic rings. The van der Waals surface area contributed by atoms with E-state index >= 15 is 0 Å². The fraction of sp³-hybridized carbons (Fsp3) is 0.889. The van der Waals surface area contributed by atoms with Crippen LogP contribution in [0.1, 0.15) is 34.1 Å². The molecular formula is C9H20N2O2. The van der Waals surface area contributed by atoms with E-state index in [9.17, 15) is 4.79 Å². The first-order chi connectivity index (χ1) is 5.69. The zero-order chi connectivity index (χ0) is 10.7. The molecule has 0 saturated carbocycles. The van der Waals surface area contributed by atoms with Gasteiger partial charge >= 0.3 is 5.97 Å². The highest BCUT2D eigenvalue weighted by Crippen LogP contribution is 2.14. The molecule has 0 fully saturated rings. The molecule has 0 heterocycles. The molecule has 0 amide bonds. The number of ether oxygens (including phenoxy) is 1. The van der Waals surface area contributed by atoms with Crippen molar-refractivity contribution in [3.63, 3.8) is 0 Å². The minimum atomic E-state index is -0.970. The molecule has 0 aliphatic rings. The van der Waals surface area contributed by atoms with E-state index in [2.05, 4.69) is 0 Å². The lowest BCUT2D eigenvalue weighted by Crippen LogP contribution is -2.49. The summed E-state index contributed by atoms with van der Waals surface area (Å²) in [6.07, 6.45) is 0.432. The van der Waals surface area contributed by atoms with Crippen molar-refractivity contribution in [1.82, 2.24) is 0 Å². The molecular weight excluding hydrogens is 168 g/mol. The molecule has 0 saturated heterocycles. The standard InChI is InChI=1S/C9H20N2O2/c1-8(2,3)13-7(12)9(4,11)5-6-10/h5-6,10-11H2,1-4H3. The summed E-state index contributed by atoms with van der Waals surface area (Å²) in [6, 6.07) is 0. The first-order valence-corrected chi connectivity index (χ1v) is 4.41. The Morgan fingerprint density at radius 2 is 1.77 bits per heavy atom. The van der Waals surface area contributed by atoms with E-state index in [1.807, 2.05) is 20.8 Å². The van der Waals surface area contributed by atoms with E-state index < -0.39 is 17.1 Å². The molecule has 1 atom stereocenters. The maximum Gasteiger partial charge on any atom is 0.326 e. The zero-order valence-corrected chi connectivity index (χ0v) is 8.89. The molecule has 0 aliphatic heterocycles. The third-order valence-electron chi connectivity index (χ3n) is 1.53. The number of nitrogens with two attached hydrogens (primary N) is 2. The SMILES string of the molecule is CC(C)(C)OC(=O)C(C)(N)CCN. The molecule has 4 N–H and O–H groups in total. The fourth-order valence-electron chi connectivity index (χ4n) is 0.797. The highest BCUT2D eigenvalue weighted by Gasteiger charge is 2.32. The van der Waals surface area contributed by atoms with Crippen LogP contribution < -0.4 is 11.5 Å². The van der Waals surface area contributed by atoms with Gasteiger partial charge in [-0.3, -0.25) is 4.79 Å². The molecule has 0 aliphatic carbocycles. The van der Waals surface area contributed by atoms with Gasteiger partial charge in [-0.2, -0.15) is 0 Å². The second-order valence-electron chi connectivity index (χ2n) is 4.46. The van der Waals surface area contributed by atoms with E-state index in [1.54, 1.807) is 6.92 Å². The molecule has 0 aromatic carbocycles. The fourth-order valence-corrected chi connectivity index (χ4v) is 0.797. The van der Waals surface area contributed by atoms with Crippen molar-refractivity contribution in [1.29, 1.82) is 0 Å². The van der Waals surface area contributed by atoms with Crippen LogP contribution in [0.2, 0.25) is 0 Å². The Labute approximate surface area is 79.6 Å². The Kier molecular flexibility index (Phi) is 3.88. The molecule has 0 spiro atoms. The second kappa shape index (κ2) is 4.07. The first kappa shape index (κ1) is 12.4. The summed E-state index contributed by atoms with van der Waals surface area (Å²) in [7, 11) is 0. The summed E-state index contributed by atoms with van der Waals surface area (Å²) >= 11 is 0. The molecule has 1 unspecified atom stereocenters. The van der Waals surface area contributed by atoms with Crippen molar-refractivity contribution < 1.29 is 9.53 Å². The smallest absolute Gasteiger partial charge is 0.326 e. The van der Waals surface area contributed by atoms with Gasteiger partial charge in [0.15, 0.2) is 0 Å². The van der Waals surface area contributed by atoms with Gasteiger partial charge in [-0.25, -0.2) is 0 Å². The van der Waals surface area contributed by atoms with Crippen molar-refractivity contribution in [2.24, 2.45) is 11.5 Å². The van der Waals surface area contributed by atoms with Gasteiger partial charge in [-0.05, 0) is 40.7 Å². The topological polar surface area (TPSA) is 78.3 Å². The lowest BCUT2D eigenvalue weighted by atomic mass is 9.99. The van der Waals surface area contributed by atoms with Gasteiger partial charge in [-0.1, -0.05) is 0 Å². The summed E-state index contributed by atoms with van der Waals surface area (Å²) in [5.41, 5.74) is 9.59. The van der Waals surface area contributed by atoms with E-state index in [0.717, 1.165) is 0 Å². The lowest BCUT2D eigenvalue weighted by Gasteiger charge is -2.27. The molecule has 4 heteroatoms. The Bertz CT molecular complexity index is 183. The highest BCUT2D eigenvalue weighted by atomic mass is 16.6. The summed E-state index contributed by atoms with van der Waals surface area (Å²) in [4.78, 5) is 11.5. The van der Waals surface area contributed by atoms with Crippen molar-refractivity contribution in [3.05, 3.63) is 0 Å². The van der Waals surface area contributed by atoms with Gasteiger partial charge in [0.05, 0.1) is 0 Å². The number of esters is 1. The van der Waals surface area contributed by atoms with Gasteiger partial charge < -0.3 is 16.2 Å². The number of rotatable bonds is 3. The third-order valence-corrected chi connectivity index (χ3v) is 1.53. The Balaban J connectivity index is 4.25. The van der Waals surface area contributed by atoms with Crippen LogP contribution in [0, 0.1) is 0 Å². The third kappa shape index (κ3) is 4.85. The summed E-state index contributed by atoms with van der Waals surface area (Å²) < 4.78 is 5.14. The van der Waals surface area contributed by atoms with Crippen LogP contribution in [0.3, 0.4) is 0 Å². The minimum absolute atomic E-state index is 0.381. The van der Waals surface area contributed by atoms with Crippen LogP contribution >= 0.6 is 0 Å². The Morgan fingerprint density at radius 3 is 2.08 bits per heavy atom. The summed E-state index contributed by atoms with van der Waals surface area (Å²) in [5, 5.41) is 0. The first-order valence-electron chi connectivity index (χ1n) is 4.41. The average molecular weight is 188 g/mol. The van der Waals surface area contributed by atoms with E-state index in [0.29, 0.717) is 13.0 Å². The molecule has 0 aromatic heterocycles. The molecule has 13 heavy (non-hydrogen) atoms. The monoisotopic (exact) mass is 188 g/mol. The maximum absolute atomic E-state index is 11.5. The lowest BCUT2D eigenvalue weighted by molar-refractivity contribution is -0.161. The number of hydrogen-bond acceptors (Lipinski definition) is 4. The minimum Gasteiger partial charge on any atom is -0.459 e. The van der Waals surface area contributed by atoms with Crippen molar-refractivity contribution >= 4 is 5.97 Å². The summed E-state index contributed by atoms with van der Waals surface area (Å²) in [5.74, 6) is -0.398. The average Bonchev–Trinajstić information content (AvgIpc) is 1.82. The number of hydrogen-bond donors (Lipinski definition) is 2. The highest BCUT2D eigenvalue weighted by molar-refractivity contribution is 5.80.